The van der Waals surface area contributed by atoms with Crippen LogP contribution in [-0.2, 0) is 6.42 Å². The Bertz CT molecular complexity index is 456. The van der Waals surface area contributed by atoms with Crippen molar-refractivity contribution in [2.24, 2.45) is 0 Å². The summed E-state index contributed by atoms with van der Waals surface area (Å²) in [7, 11) is 1.64. The van der Waals surface area contributed by atoms with Crippen LogP contribution in [0.3, 0.4) is 0 Å². The van der Waals surface area contributed by atoms with Crippen LogP contribution >= 0.6 is 15.9 Å². The van der Waals surface area contributed by atoms with Gasteiger partial charge in [-0.1, -0.05) is 18.2 Å². The molecule has 2 aromatic rings. The maximum atomic E-state index is 5.22. The van der Waals surface area contributed by atoms with E-state index < -0.39 is 0 Å². The molecular formula is C10H9BrN2O2. The first-order chi connectivity index (χ1) is 7.29. The van der Waals surface area contributed by atoms with Gasteiger partial charge < -0.3 is 9.26 Å². The normalized spacial score (nSPS) is 10.3. The molecule has 0 aliphatic heterocycles. The molecule has 0 aliphatic rings. The summed E-state index contributed by atoms with van der Waals surface area (Å²) in [6.07, 6.45) is 0.572. The van der Waals surface area contributed by atoms with Gasteiger partial charge in [-0.3, -0.25) is 0 Å². The van der Waals surface area contributed by atoms with E-state index in [0.717, 1.165) is 11.3 Å². The van der Waals surface area contributed by atoms with Crippen molar-refractivity contribution >= 4 is 15.9 Å². The van der Waals surface area contributed by atoms with Gasteiger partial charge in [-0.05, 0) is 27.2 Å². The number of hydrogen-bond acceptors (Lipinski definition) is 4. The lowest BCUT2D eigenvalue weighted by atomic mass is 10.1. The first kappa shape index (κ1) is 10.2. The molecule has 0 bridgehead atoms. The summed E-state index contributed by atoms with van der Waals surface area (Å²) >= 11 is 3.13. The Balaban J connectivity index is 2.23. The van der Waals surface area contributed by atoms with Crippen LogP contribution in [0.2, 0.25) is 0 Å². The van der Waals surface area contributed by atoms with Crippen molar-refractivity contribution in [3.8, 4) is 5.75 Å². The molecule has 0 unspecified atom stereocenters. The van der Waals surface area contributed by atoms with E-state index in [1.807, 2.05) is 24.3 Å². The van der Waals surface area contributed by atoms with Crippen LogP contribution in [0, 0.1) is 0 Å². The van der Waals surface area contributed by atoms with E-state index in [9.17, 15) is 0 Å². The molecule has 0 spiro atoms. The Morgan fingerprint density at radius 2 is 2.20 bits per heavy atom. The number of halogens is 1. The summed E-state index contributed by atoms with van der Waals surface area (Å²) < 4.78 is 10.7. The zero-order chi connectivity index (χ0) is 10.7. The standard InChI is InChI=1S/C10H9BrN2O2/c1-14-8-5-3-2-4-7(8)6-9-12-10(11)13-15-9/h2-5H,6H2,1H3. The van der Waals surface area contributed by atoms with Crippen LogP contribution in [-0.4, -0.2) is 17.3 Å². The Morgan fingerprint density at radius 3 is 2.87 bits per heavy atom. The van der Waals surface area contributed by atoms with Gasteiger partial charge in [-0.2, -0.15) is 4.98 Å². The molecule has 0 N–H and O–H groups in total. The number of ether oxygens (including phenoxy) is 1. The lowest BCUT2D eigenvalue weighted by Crippen LogP contribution is -1.93. The summed E-state index contributed by atoms with van der Waals surface area (Å²) in [4.78, 5) is 4.06. The molecule has 0 saturated heterocycles. The van der Waals surface area contributed by atoms with Gasteiger partial charge in [0.15, 0.2) is 0 Å². The second-order valence-corrected chi connectivity index (χ2v) is 3.66. The second kappa shape index (κ2) is 4.44. The van der Waals surface area contributed by atoms with Gasteiger partial charge in [0, 0.05) is 5.56 Å². The van der Waals surface area contributed by atoms with E-state index in [1.165, 1.54) is 0 Å². The molecule has 2 rings (SSSR count). The third-order valence-corrected chi connectivity index (χ3v) is 2.30. The number of para-hydroxylation sites is 1. The molecule has 1 heterocycles. The summed E-state index contributed by atoms with van der Waals surface area (Å²) in [5.41, 5.74) is 1.02. The van der Waals surface area contributed by atoms with Gasteiger partial charge in [0.1, 0.15) is 5.75 Å². The number of nitrogens with zero attached hydrogens (tertiary/aromatic N) is 2. The highest BCUT2D eigenvalue weighted by Crippen LogP contribution is 2.20. The summed E-state index contributed by atoms with van der Waals surface area (Å²) in [6, 6.07) is 7.74. The van der Waals surface area contributed by atoms with Gasteiger partial charge in [0.2, 0.25) is 10.6 Å². The first-order valence-electron chi connectivity index (χ1n) is 4.39. The van der Waals surface area contributed by atoms with Crippen LogP contribution in [0.4, 0.5) is 0 Å². The largest absolute Gasteiger partial charge is 0.496 e. The van der Waals surface area contributed by atoms with Crippen molar-refractivity contribution in [3.05, 3.63) is 40.5 Å². The molecule has 15 heavy (non-hydrogen) atoms. The lowest BCUT2D eigenvalue weighted by Gasteiger charge is -2.04. The van der Waals surface area contributed by atoms with Crippen molar-refractivity contribution in [1.82, 2.24) is 10.1 Å². The van der Waals surface area contributed by atoms with E-state index in [2.05, 4.69) is 26.1 Å². The number of aromatic nitrogens is 2. The average Bonchev–Trinajstić information content (AvgIpc) is 2.65. The predicted molar refractivity (Wildman–Crippen MR) is 57.8 cm³/mol. The molecular weight excluding hydrogens is 260 g/mol. The van der Waals surface area contributed by atoms with Crippen molar-refractivity contribution in [1.29, 1.82) is 0 Å². The van der Waals surface area contributed by atoms with Crippen LogP contribution < -0.4 is 4.74 Å². The minimum Gasteiger partial charge on any atom is -0.496 e. The van der Waals surface area contributed by atoms with Crippen molar-refractivity contribution < 1.29 is 9.26 Å². The highest BCUT2D eigenvalue weighted by atomic mass is 79.9. The fourth-order valence-electron chi connectivity index (χ4n) is 1.32. The number of rotatable bonds is 3. The van der Waals surface area contributed by atoms with Crippen LogP contribution in [0.1, 0.15) is 11.5 Å². The van der Waals surface area contributed by atoms with Crippen molar-refractivity contribution in [2.45, 2.75) is 6.42 Å². The quantitative estimate of drug-likeness (QED) is 0.858. The van der Waals surface area contributed by atoms with E-state index >= 15 is 0 Å². The number of methoxy groups -OCH3 is 1. The first-order valence-corrected chi connectivity index (χ1v) is 5.19. The summed E-state index contributed by atoms with van der Waals surface area (Å²) in [6.45, 7) is 0. The molecule has 1 aromatic carbocycles. The molecule has 78 valence electrons. The summed E-state index contributed by atoms with van der Waals surface area (Å²) in [5, 5.41) is 3.66. The molecule has 1 aromatic heterocycles. The molecule has 4 nitrogen and oxygen atoms in total. The smallest absolute Gasteiger partial charge is 0.238 e. The highest BCUT2D eigenvalue weighted by molar-refractivity contribution is 9.10. The van der Waals surface area contributed by atoms with E-state index in [4.69, 9.17) is 9.26 Å². The maximum Gasteiger partial charge on any atom is 0.238 e. The van der Waals surface area contributed by atoms with Gasteiger partial charge >= 0.3 is 0 Å². The third kappa shape index (κ3) is 2.36. The SMILES string of the molecule is COc1ccccc1Cc1nc(Br)no1. The fraction of sp³-hybridized carbons (Fsp3) is 0.200. The molecule has 0 atom stereocenters. The maximum absolute atomic E-state index is 5.22. The number of hydrogen-bond donors (Lipinski definition) is 0. The lowest BCUT2D eigenvalue weighted by molar-refractivity contribution is 0.376. The van der Waals surface area contributed by atoms with E-state index in [-0.39, 0.29) is 0 Å². The number of benzene rings is 1. The molecule has 0 amide bonds. The molecule has 5 heteroatoms. The average molecular weight is 269 g/mol. The summed E-state index contributed by atoms with van der Waals surface area (Å²) in [5.74, 6) is 1.39. The Kier molecular flexibility index (Phi) is 3.01. The van der Waals surface area contributed by atoms with Crippen molar-refractivity contribution in [3.63, 3.8) is 0 Å². The molecule has 0 fully saturated rings. The minimum atomic E-state index is 0.465. The molecule has 0 saturated carbocycles. The predicted octanol–water partition coefficient (Wildman–Crippen LogP) is 2.43. The van der Waals surface area contributed by atoms with E-state index in [0.29, 0.717) is 17.0 Å². The fourth-order valence-corrected chi connectivity index (χ4v) is 1.59. The second-order valence-electron chi connectivity index (χ2n) is 2.95. The Morgan fingerprint density at radius 1 is 1.40 bits per heavy atom. The monoisotopic (exact) mass is 268 g/mol. The van der Waals surface area contributed by atoms with Crippen molar-refractivity contribution in [2.75, 3.05) is 7.11 Å². The van der Waals surface area contributed by atoms with Crippen LogP contribution in [0.15, 0.2) is 33.5 Å². The van der Waals surface area contributed by atoms with Crippen LogP contribution in [0.25, 0.3) is 0 Å². The Labute approximate surface area is 95.4 Å². The van der Waals surface area contributed by atoms with Gasteiger partial charge in [0.05, 0.1) is 13.5 Å². The molecule has 0 aliphatic carbocycles. The third-order valence-electron chi connectivity index (χ3n) is 1.98. The zero-order valence-corrected chi connectivity index (χ0v) is 9.69. The van der Waals surface area contributed by atoms with Gasteiger partial charge in [-0.25, -0.2) is 0 Å². The highest BCUT2D eigenvalue weighted by Gasteiger charge is 2.08. The van der Waals surface area contributed by atoms with Gasteiger partial charge in [0.25, 0.3) is 0 Å². The topological polar surface area (TPSA) is 48.2 Å². The van der Waals surface area contributed by atoms with Gasteiger partial charge in [-0.15, -0.1) is 0 Å². The van der Waals surface area contributed by atoms with Crippen LogP contribution in [0.5, 0.6) is 5.75 Å². The zero-order valence-electron chi connectivity index (χ0n) is 8.11. The Hall–Kier alpha value is -1.36. The minimum absolute atomic E-state index is 0.465. The molecule has 0 radical (unpaired) electrons. The van der Waals surface area contributed by atoms with E-state index in [1.54, 1.807) is 7.11 Å².